The van der Waals surface area contributed by atoms with E-state index in [1.165, 1.54) is 0 Å². The molecule has 5 nitrogen and oxygen atoms in total. The van der Waals surface area contributed by atoms with Crippen LogP contribution in [-0.2, 0) is 0 Å². The number of nitrogens with zero attached hydrogens (tertiary/aromatic N) is 2. The van der Waals surface area contributed by atoms with Crippen molar-refractivity contribution >= 4 is 22.5 Å². The fourth-order valence-corrected chi connectivity index (χ4v) is 2.40. The van der Waals surface area contributed by atoms with E-state index in [1.54, 1.807) is 11.0 Å². The number of hydrogen-bond acceptors (Lipinski definition) is 4. The molecule has 5 heteroatoms. The maximum Gasteiger partial charge on any atom is 0.272 e. The summed E-state index contributed by atoms with van der Waals surface area (Å²) in [6.07, 6.45) is 0.191. The van der Waals surface area contributed by atoms with Gasteiger partial charge in [0.25, 0.3) is 5.91 Å². The highest BCUT2D eigenvalue weighted by Gasteiger charge is 2.26. The summed E-state index contributed by atoms with van der Waals surface area (Å²) < 4.78 is 0. The Hall–Kier alpha value is -2.14. The Labute approximate surface area is 110 Å². The number of amides is 1. The van der Waals surface area contributed by atoms with Gasteiger partial charge in [0.05, 0.1) is 11.6 Å². The number of carbonyl (C=O) groups excluding carboxylic acids is 1. The average Bonchev–Trinajstić information content (AvgIpc) is 2.84. The molecule has 98 valence electrons. The number of rotatable bonds is 1. The Balaban J connectivity index is 1.99. The van der Waals surface area contributed by atoms with E-state index >= 15 is 0 Å². The second kappa shape index (κ2) is 4.51. The molecular formula is C14H15N3O2. The van der Waals surface area contributed by atoms with E-state index in [4.69, 9.17) is 5.73 Å². The minimum atomic E-state index is -0.429. The van der Waals surface area contributed by atoms with E-state index in [1.807, 2.05) is 24.3 Å². The Morgan fingerprint density at radius 1 is 1.42 bits per heavy atom. The number of anilines is 1. The summed E-state index contributed by atoms with van der Waals surface area (Å²) in [6, 6.07) is 9.07. The molecule has 1 atom stereocenters. The van der Waals surface area contributed by atoms with Gasteiger partial charge in [0.1, 0.15) is 5.69 Å². The van der Waals surface area contributed by atoms with Gasteiger partial charge in [-0.25, -0.2) is 4.98 Å². The first kappa shape index (κ1) is 11.9. The fraction of sp³-hybridized carbons (Fsp3) is 0.286. The Bertz CT molecular complexity index is 642. The first-order chi connectivity index (χ1) is 9.15. The van der Waals surface area contributed by atoms with Gasteiger partial charge in [-0.2, -0.15) is 0 Å². The van der Waals surface area contributed by atoms with Crippen LogP contribution in [0.3, 0.4) is 0 Å². The molecule has 1 aromatic carbocycles. The van der Waals surface area contributed by atoms with Crippen molar-refractivity contribution in [3.05, 3.63) is 36.0 Å². The highest BCUT2D eigenvalue weighted by molar-refractivity contribution is 5.99. The van der Waals surface area contributed by atoms with Crippen molar-refractivity contribution in [3.63, 3.8) is 0 Å². The monoisotopic (exact) mass is 257 g/mol. The minimum absolute atomic E-state index is 0.172. The molecule has 1 amide bonds. The number of hydrogen-bond donors (Lipinski definition) is 2. The first-order valence-corrected chi connectivity index (χ1v) is 6.28. The van der Waals surface area contributed by atoms with E-state index in [-0.39, 0.29) is 5.91 Å². The summed E-state index contributed by atoms with van der Waals surface area (Å²) in [5, 5.41) is 10.3. The van der Waals surface area contributed by atoms with Crippen LogP contribution in [0.2, 0.25) is 0 Å². The minimum Gasteiger partial charge on any atom is -0.398 e. The summed E-state index contributed by atoms with van der Waals surface area (Å²) in [5.74, 6) is -0.172. The number of fused-ring (bicyclic) bond motifs is 1. The lowest BCUT2D eigenvalue weighted by atomic mass is 10.1. The zero-order chi connectivity index (χ0) is 13.4. The molecule has 0 aliphatic carbocycles. The molecule has 3 rings (SSSR count). The molecule has 0 spiro atoms. The van der Waals surface area contributed by atoms with Crippen LogP contribution in [0.25, 0.3) is 10.9 Å². The van der Waals surface area contributed by atoms with Gasteiger partial charge in [-0.3, -0.25) is 4.79 Å². The van der Waals surface area contributed by atoms with Crippen LogP contribution in [-0.4, -0.2) is 40.1 Å². The molecule has 0 radical (unpaired) electrons. The van der Waals surface area contributed by atoms with Gasteiger partial charge in [0, 0.05) is 24.2 Å². The zero-order valence-electron chi connectivity index (χ0n) is 10.4. The number of likely N-dealkylation sites (tertiary alicyclic amines) is 1. The molecule has 1 aliphatic heterocycles. The van der Waals surface area contributed by atoms with Gasteiger partial charge < -0.3 is 15.7 Å². The standard InChI is InChI=1S/C14H15N3O2/c15-11-7-13(14(19)17-6-5-9(18)8-17)16-12-4-2-1-3-10(11)12/h1-4,7,9,18H,5-6,8H2,(H2,15,16)/t9-/m1/s1. The predicted molar refractivity (Wildman–Crippen MR) is 72.7 cm³/mol. The third-order valence-corrected chi connectivity index (χ3v) is 3.42. The number of pyridine rings is 1. The summed E-state index contributed by atoms with van der Waals surface area (Å²) >= 11 is 0. The summed E-state index contributed by atoms with van der Waals surface area (Å²) in [4.78, 5) is 18.3. The Kier molecular flexibility index (Phi) is 2.83. The van der Waals surface area contributed by atoms with E-state index < -0.39 is 6.10 Å². The van der Waals surface area contributed by atoms with Crippen molar-refractivity contribution < 1.29 is 9.90 Å². The highest BCUT2D eigenvalue weighted by atomic mass is 16.3. The Morgan fingerprint density at radius 2 is 2.21 bits per heavy atom. The predicted octanol–water partition coefficient (Wildman–Crippen LogP) is 1.02. The quantitative estimate of drug-likeness (QED) is 0.799. The van der Waals surface area contributed by atoms with Crippen molar-refractivity contribution in [2.75, 3.05) is 18.8 Å². The number of para-hydroxylation sites is 1. The van der Waals surface area contributed by atoms with Crippen LogP contribution >= 0.6 is 0 Å². The van der Waals surface area contributed by atoms with Gasteiger partial charge in [0.2, 0.25) is 0 Å². The van der Waals surface area contributed by atoms with Crippen LogP contribution in [0.5, 0.6) is 0 Å². The lowest BCUT2D eigenvalue weighted by molar-refractivity contribution is 0.0759. The van der Waals surface area contributed by atoms with E-state index in [0.717, 1.165) is 5.39 Å². The van der Waals surface area contributed by atoms with Crippen LogP contribution in [0.4, 0.5) is 5.69 Å². The fourth-order valence-electron chi connectivity index (χ4n) is 2.40. The van der Waals surface area contributed by atoms with Gasteiger partial charge in [-0.15, -0.1) is 0 Å². The smallest absolute Gasteiger partial charge is 0.272 e. The van der Waals surface area contributed by atoms with Gasteiger partial charge >= 0.3 is 0 Å². The van der Waals surface area contributed by atoms with Gasteiger partial charge in [-0.05, 0) is 18.6 Å². The van der Waals surface area contributed by atoms with E-state index in [2.05, 4.69) is 4.98 Å². The molecule has 0 unspecified atom stereocenters. The SMILES string of the molecule is Nc1cc(C(=O)N2CC[C@@H](O)C2)nc2ccccc12. The number of nitrogen functional groups attached to an aromatic ring is 1. The molecule has 3 N–H and O–H groups in total. The zero-order valence-corrected chi connectivity index (χ0v) is 10.4. The van der Waals surface area contributed by atoms with Crippen molar-refractivity contribution in [2.24, 2.45) is 0 Å². The maximum atomic E-state index is 12.3. The number of carbonyl (C=O) groups is 1. The average molecular weight is 257 g/mol. The molecule has 2 heterocycles. The van der Waals surface area contributed by atoms with E-state index in [9.17, 15) is 9.90 Å². The normalized spacial score (nSPS) is 19.0. The number of β-amino-alcohol motifs (C(OH)–C–C–N with tert-alkyl or cyclic N) is 1. The number of aliphatic hydroxyl groups excluding tert-OH is 1. The molecule has 1 aromatic heterocycles. The molecule has 1 aliphatic rings. The third kappa shape index (κ3) is 2.13. The topological polar surface area (TPSA) is 79.5 Å². The molecule has 19 heavy (non-hydrogen) atoms. The van der Waals surface area contributed by atoms with Gasteiger partial charge in [-0.1, -0.05) is 18.2 Å². The summed E-state index contributed by atoms with van der Waals surface area (Å²) in [5.41, 5.74) is 7.56. The molecular weight excluding hydrogens is 242 g/mol. The number of benzene rings is 1. The molecule has 0 saturated carbocycles. The molecule has 1 saturated heterocycles. The third-order valence-electron chi connectivity index (χ3n) is 3.42. The second-order valence-electron chi connectivity index (χ2n) is 4.81. The lowest BCUT2D eigenvalue weighted by Gasteiger charge is -2.15. The van der Waals surface area contributed by atoms with Crippen molar-refractivity contribution in [1.82, 2.24) is 9.88 Å². The van der Waals surface area contributed by atoms with Crippen molar-refractivity contribution in [1.29, 1.82) is 0 Å². The number of aliphatic hydroxyl groups is 1. The Morgan fingerprint density at radius 3 is 2.95 bits per heavy atom. The summed E-state index contributed by atoms with van der Waals surface area (Å²) in [7, 11) is 0. The highest BCUT2D eigenvalue weighted by Crippen LogP contribution is 2.21. The number of aromatic nitrogens is 1. The van der Waals surface area contributed by atoms with Crippen molar-refractivity contribution in [3.8, 4) is 0 Å². The van der Waals surface area contributed by atoms with Crippen LogP contribution in [0.1, 0.15) is 16.9 Å². The van der Waals surface area contributed by atoms with Gasteiger partial charge in [0.15, 0.2) is 0 Å². The molecule has 0 bridgehead atoms. The lowest BCUT2D eigenvalue weighted by Crippen LogP contribution is -2.30. The maximum absolute atomic E-state index is 12.3. The van der Waals surface area contributed by atoms with Crippen LogP contribution in [0, 0.1) is 0 Å². The first-order valence-electron chi connectivity index (χ1n) is 6.28. The second-order valence-corrected chi connectivity index (χ2v) is 4.81. The van der Waals surface area contributed by atoms with E-state index in [0.29, 0.717) is 36.4 Å². The van der Waals surface area contributed by atoms with Crippen molar-refractivity contribution in [2.45, 2.75) is 12.5 Å². The largest absolute Gasteiger partial charge is 0.398 e. The number of nitrogens with two attached hydrogens (primary N) is 1. The van der Waals surface area contributed by atoms with Crippen LogP contribution < -0.4 is 5.73 Å². The van der Waals surface area contributed by atoms with Crippen LogP contribution in [0.15, 0.2) is 30.3 Å². The molecule has 1 fully saturated rings. The summed E-state index contributed by atoms with van der Waals surface area (Å²) in [6.45, 7) is 0.932. The molecule has 2 aromatic rings.